The smallest absolute Gasteiger partial charge is 0.198 e. The zero-order valence-electron chi connectivity index (χ0n) is 11.9. The minimum absolute atomic E-state index is 0.255. The second-order valence-corrected chi connectivity index (χ2v) is 5.46. The van der Waals surface area contributed by atoms with Crippen LogP contribution in [0.25, 0.3) is 0 Å². The number of likely N-dealkylation sites (N-methyl/N-ethyl adjacent to an activating group) is 1. The van der Waals surface area contributed by atoms with E-state index in [1.54, 1.807) is 12.1 Å². The molecule has 3 rings (SSSR count). The van der Waals surface area contributed by atoms with Crippen molar-refractivity contribution in [3.05, 3.63) is 47.0 Å². The minimum Gasteiger partial charge on any atom is -0.392 e. The summed E-state index contributed by atoms with van der Waals surface area (Å²) in [4.78, 5) is 19.0. The molecule has 0 saturated heterocycles. The summed E-state index contributed by atoms with van der Waals surface area (Å²) in [5.41, 5.74) is 7.92. The number of aromatic nitrogens is 1. The highest BCUT2D eigenvalue weighted by atomic mass is 32.1. The number of hydrogen-bond acceptors (Lipinski definition) is 8. The van der Waals surface area contributed by atoms with E-state index in [-0.39, 0.29) is 12.8 Å². The number of aliphatic imine (C=N–C) groups is 1. The van der Waals surface area contributed by atoms with E-state index >= 15 is 0 Å². The number of nitrogen functional groups attached to an aromatic ring is 1. The molecule has 0 aliphatic carbocycles. The molecule has 1 unspecified atom stereocenters. The van der Waals surface area contributed by atoms with Crippen molar-refractivity contribution in [3.8, 4) is 0 Å². The van der Waals surface area contributed by atoms with Gasteiger partial charge >= 0.3 is 0 Å². The molecule has 1 aromatic heterocycles. The van der Waals surface area contributed by atoms with E-state index in [1.165, 1.54) is 17.7 Å². The van der Waals surface area contributed by atoms with Gasteiger partial charge in [-0.2, -0.15) is 0 Å². The monoisotopic (exact) mass is 317 g/mol. The standard InChI is InChI=1S/C14H15N5O2S/c1-19-13(16-9-21-19)12(10-5-3-2-4-6-10)18-20-7-11-8-22-14(15)17-11/h2-6,8-9,13H,7H2,1H3,(H2,15,17)/b18-12-. The molecule has 1 aromatic carbocycles. The van der Waals surface area contributed by atoms with Crippen molar-refractivity contribution in [2.45, 2.75) is 12.8 Å². The van der Waals surface area contributed by atoms with Crippen molar-refractivity contribution < 1.29 is 9.68 Å². The Morgan fingerprint density at radius 1 is 1.45 bits per heavy atom. The Labute approximate surface area is 131 Å². The summed E-state index contributed by atoms with van der Waals surface area (Å²) in [5, 5.41) is 8.20. The predicted octanol–water partition coefficient (Wildman–Crippen LogP) is 1.88. The third kappa shape index (κ3) is 3.23. The molecule has 0 fully saturated rings. The van der Waals surface area contributed by atoms with Crippen molar-refractivity contribution in [2.75, 3.05) is 12.8 Å². The minimum atomic E-state index is -0.345. The van der Waals surface area contributed by atoms with Crippen LogP contribution in [0, 0.1) is 0 Å². The summed E-state index contributed by atoms with van der Waals surface area (Å²) >= 11 is 1.37. The number of oxime groups is 1. The first-order valence-electron chi connectivity index (χ1n) is 6.60. The van der Waals surface area contributed by atoms with Crippen LogP contribution < -0.4 is 5.73 Å². The SMILES string of the molecule is CN1OC=NC1/C(=N\OCc1csc(N)n1)c1ccccc1. The number of benzene rings is 1. The largest absolute Gasteiger partial charge is 0.392 e. The maximum Gasteiger partial charge on any atom is 0.198 e. The van der Waals surface area contributed by atoms with Gasteiger partial charge in [-0.15, -0.1) is 16.4 Å². The van der Waals surface area contributed by atoms with Crippen LogP contribution in [0.4, 0.5) is 5.13 Å². The normalized spacial score (nSPS) is 18.4. The van der Waals surface area contributed by atoms with Gasteiger partial charge in [0, 0.05) is 18.0 Å². The number of anilines is 1. The number of rotatable bonds is 5. The molecule has 0 saturated carbocycles. The zero-order chi connectivity index (χ0) is 15.4. The highest BCUT2D eigenvalue weighted by Crippen LogP contribution is 2.16. The number of nitrogens with zero attached hydrogens (tertiary/aromatic N) is 4. The quantitative estimate of drug-likeness (QED) is 0.672. The van der Waals surface area contributed by atoms with Crippen molar-refractivity contribution in [2.24, 2.45) is 10.1 Å². The second kappa shape index (κ2) is 6.54. The topological polar surface area (TPSA) is 85.3 Å². The van der Waals surface area contributed by atoms with Gasteiger partial charge in [-0.3, -0.25) is 0 Å². The highest BCUT2D eigenvalue weighted by Gasteiger charge is 2.27. The van der Waals surface area contributed by atoms with Crippen LogP contribution in [0.3, 0.4) is 0 Å². The lowest BCUT2D eigenvalue weighted by atomic mass is 10.1. The maximum atomic E-state index is 5.59. The molecule has 7 nitrogen and oxygen atoms in total. The van der Waals surface area contributed by atoms with E-state index in [1.807, 2.05) is 35.7 Å². The maximum absolute atomic E-state index is 5.59. The van der Waals surface area contributed by atoms with Crippen LogP contribution in [0.1, 0.15) is 11.3 Å². The highest BCUT2D eigenvalue weighted by molar-refractivity contribution is 7.13. The fraction of sp³-hybridized carbons (Fsp3) is 0.214. The van der Waals surface area contributed by atoms with Gasteiger partial charge in [0.05, 0.1) is 5.69 Å². The number of nitrogens with two attached hydrogens (primary N) is 1. The fourth-order valence-corrected chi connectivity index (χ4v) is 2.52. The molecule has 2 heterocycles. The predicted molar refractivity (Wildman–Crippen MR) is 85.4 cm³/mol. The summed E-state index contributed by atoms with van der Waals surface area (Å²) in [7, 11) is 1.79. The third-order valence-corrected chi connectivity index (χ3v) is 3.74. The van der Waals surface area contributed by atoms with Gasteiger partial charge in [0.25, 0.3) is 0 Å². The van der Waals surface area contributed by atoms with E-state index < -0.39 is 0 Å². The van der Waals surface area contributed by atoms with E-state index in [0.29, 0.717) is 10.8 Å². The molecule has 1 aliphatic rings. The van der Waals surface area contributed by atoms with Gasteiger partial charge in [0.2, 0.25) is 0 Å². The number of hydroxylamine groups is 2. The molecule has 2 N–H and O–H groups in total. The molecular weight excluding hydrogens is 302 g/mol. The molecule has 0 radical (unpaired) electrons. The summed E-state index contributed by atoms with van der Waals surface area (Å²) in [5.74, 6) is 0. The summed E-state index contributed by atoms with van der Waals surface area (Å²) in [6, 6.07) is 9.71. The molecule has 0 bridgehead atoms. The summed E-state index contributed by atoms with van der Waals surface area (Å²) in [6.45, 7) is 0.255. The summed E-state index contributed by atoms with van der Waals surface area (Å²) < 4.78 is 0. The van der Waals surface area contributed by atoms with Crippen molar-refractivity contribution >= 4 is 28.6 Å². The average Bonchev–Trinajstić information content (AvgIpc) is 3.13. The van der Waals surface area contributed by atoms with Crippen LogP contribution in [0.5, 0.6) is 0 Å². The Kier molecular flexibility index (Phi) is 4.31. The van der Waals surface area contributed by atoms with Crippen molar-refractivity contribution in [1.82, 2.24) is 10.0 Å². The van der Waals surface area contributed by atoms with E-state index in [0.717, 1.165) is 11.3 Å². The second-order valence-electron chi connectivity index (χ2n) is 4.57. The van der Waals surface area contributed by atoms with Gasteiger partial charge in [0.1, 0.15) is 5.71 Å². The first-order valence-corrected chi connectivity index (χ1v) is 7.48. The molecular formula is C14H15N5O2S. The van der Waals surface area contributed by atoms with Gasteiger partial charge in [0.15, 0.2) is 24.3 Å². The van der Waals surface area contributed by atoms with Gasteiger partial charge in [-0.05, 0) is 0 Å². The Balaban J connectivity index is 1.78. The van der Waals surface area contributed by atoms with Crippen LogP contribution in [0.15, 0.2) is 45.9 Å². The molecule has 1 atom stereocenters. The van der Waals surface area contributed by atoms with Crippen LogP contribution in [0.2, 0.25) is 0 Å². The molecule has 8 heteroatoms. The lowest BCUT2D eigenvalue weighted by molar-refractivity contribution is -0.0325. The molecule has 114 valence electrons. The number of hydrogen-bond donors (Lipinski definition) is 1. The third-order valence-electron chi connectivity index (χ3n) is 3.02. The summed E-state index contributed by atoms with van der Waals surface area (Å²) in [6.07, 6.45) is 1.05. The fourth-order valence-electron chi connectivity index (χ4n) is 1.97. The van der Waals surface area contributed by atoms with Crippen molar-refractivity contribution in [1.29, 1.82) is 0 Å². The van der Waals surface area contributed by atoms with E-state index in [4.69, 9.17) is 15.4 Å². The molecule has 0 amide bonds. The van der Waals surface area contributed by atoms with Crippen molar-refractivity contribution in [3.63, 3.8) is 0 Å². The van der Waals surface area contributed by atoms with Gasteiger partial charge < -0.3 is 15.4 Å². The first kappa shape index (κ1) is 14.5. The van der Waals surface area contributed by atoms with Crippen LogP contribution in [-0.2, 0) is 16.3 Å². The Hall–Kier alpha value is -2.45. The Bertz CT molecular complexity index is 686. The van der Waals surface area contributed by atoms with Crippen LogP contribution in [-0.4, -0.2) is 35.4 Å². The average molecular weight is 317 g/mol. The van der Waals surface area contributed by atoms with Gasteiger partial charge in [-0.1, -0.05) is 35.5 Å². The lowest BCUT2D eigenvalue weighted by Gasteiger charge is -2.17. The van der Waals surface area contributed by atoms with E-state index in [2.05, 4.69) is 15.1 Å². The lowest BCUT2D eigenvalue weighted by Crippen LogP contribution is -2.33. The Morgan fingerprint density at radius 2 is 2.27 bits per heavy atom. The molecule has 0 spiro atoms. The number of thiazole rings is 1. The zero-order valence-corrected chi connectivity index (χ0v) is 12.7. The van der Waals surface area contributed by atoms with E-state index in [9.17, 15) is 0 Å². The van der Waals surface area contributed by atoms with Gasteiger partial charge in [-0.25, -0.2) is 9.98 Å². The molecule has 1 aliphatic heterocycles. The van der Waals surface area contributed by atoms with Crippen LogP contribution >= 0.6 is 11.3 Å². The first-order chi connectivity index (χ1) is 10.7. The Morgan fingerprint density at radius 3 is 2.91 bits per heavy atom. The molecule has 22 heavy (non-hydrogen) atoms. The molecule has 2 aromatic rings.